The van der Waals surface area contributed by atoms with Crippen molar-refractivity contribution in [1.29, 1.82) is 0 Å². The standard InChI is InChI=1S/C28H31Cl2N3O4S/c1-19-13-14-25(20(2)15-19)33(38(4,36)37)18-27(34)32(17-22-23(29)11-8-12-24(22)30)26(28(35)31-3)16-21-9-6-5-7-10-21/h5-15,26H,16-18H2,1-4H3,(H,31,35)/t26-/m0/s1. The van der Waals surface area contributed by atoms with Gasteiger partial charge in [0.1, 0.15) is 12.6 Å². The number of aryl methyl sites for hydroxylation is 2. The lowest BCUT2D eigenvalue weighted by atomic mass is 10.0. The summed E-state index contributed by atoms with van der Waals surface area (Å²) in [6.45, 7) is 3.09. The van der Waals surface area contributed by atoms with Crippen LogP contribution < -0.4 is 9.62 Å². The van der Waals surface area contributed by atoms with Gasteiger partial charge in [0.2, 0.25) is 21.8 Å². The molecule has 0 aromatic heterocycles. The average molecular weight is 577 g/mol. The molecule has 0 bridgehead atoms. The third-order valence-electron chi connectivity index (χ3n) is 6.21. The molecule has 202 valence electrons. The summed E-state index contributed by atoms with van der Waals surface area (Å²) in [5.74, 6) is -0.973. The first-order chi connectivity index (χ1) is 17.9. The lowest BCUT2D eigenvalue weighted by molar-refractivity contribution is -0.139. The predicted molar refractivity (Wildman–Crippen MR) is 153 cm³/mol. The van der Waals surface area contributed by atoms with Crippen molar-refractivity contribution < 1.29 is 18.0 Å². The second-order valence-corrected chi connectivity index (χ2v) is 11.8. The van der Waals surface area contributed by atoms with Gasteiger partial charge in [0, 0.05) is 35.6 Å². The van der Waals surface area contributed by atoms with Crippen LogP contribution >= 0.6 is 23.2 Å². The molecule has 0 aliphatic carbocycles. The zero-order valence-corrected chi connectivity index (χ0v) is 24.1. The van der Waals surface area contributed by atoms with Crippen molar-refractivity contribution >= 4 is 50.7 Å². The van der Waals surface area contributed by atoms with Gasteiger partial charge in [-0.3, -0.25) is 13.9 Å². The van der Waals surface area contributed by atoms with E-state index >= 15 is 0 Å². The van der Waals surface area contributed by atoms with Gasteiger partial charge in [0.15, 0.2) is 0 Å². The topological polar surface area (TPSA) is 86.8 Å². The van der Waals surface area contributed by atoms with Crippen LogP contribution in [0, 0.1) is 13.8 Å². The number of likely N-dealkylation sites (N-methyl/N-ethyl adjacent to an activating group) is 1. The van der Waals surface area contributed by atoms with E-state index < -0.39 is 34.4 Å². The minimum absolute atomic E-state index is 0.0905. The van der Waals surface area contributed by atoms with E-state index in [4.69, 9.17) is 23.2 Å². The summed E-state index contributed by atoms with van der Waals surface area (Å²) in [4.78, 5) is 28.5. The fourth-order valence-corrected chi connectivity index (χ4v) is 5.68. The van der Waals surface area contributed by atoms with Gasteiger partial charge in [-0.25, -0.2) is 8.42 Å². The maximum Gasteiger partial charge on any atom is 0.244 e. The van der Waals surface area contributed by atoms with Crippen LogP contribution in [0.2, 0.25) is 10.0 Å². The van der Waals surface area contributed by atoms with Crippen LogP contribution in [0.5, 0.6) is 0 Å². The second kappa shape index (κ2) is 12.7. The van der Waals surface area contributed by atoms with Crippen molar-refractivity contribution in [1.82, 2.24) is 10.2 Å². The molecular formula is C28H31Cl2N3O4S. The minimum atomic E-state index is -3.85. The molecule has 0 aliphatic heterocycles. The Bertz CT molecular complexity index is 1390. The number of sulfonamides is 1. The Morgan fingerprint density at radius 3 is 2.13 bits per heavy atom. The fourth-order valence-electron chi connectivity index (χ4n) is 4.25. The SMILES string of the molecule is CNC(=O)[C@H](Cc1ccccc1)N(Cc1c(Cl)cccc1Cl)C(=O)CN(c1ccc(C)cc1C)S(C)(=O)=O. The van der Waals surface area contributed by atoms with E-state index in [0.29, 0.717) is 26.9 Å². The summed E-state index contributed by atoms with van der Waals surface area (Å²) in [5, 5.41) is 3.30. The molecule has 0 fully saturated rings. The molecule has 0 spiro atoms. The van der Waals surface area contributed by atoms with E-state index in [-0.39, 0.29) is 13.0 Å². The number of anilines is 1. The quantitative estimate of drug-likeness (QED) is 0.377. The Hall–Kier alpha value is -3.07. The van der Waals surface area contributed by atoms with E-state index in [0.717, 1.165) is 21.7 Å². The number of hydrogen-bond donors (Lipinski definition) is 1. The molecule has 3 aromatic carbocycles. The Labute approximate surface area is 234 Å². The molecule has 7 nitrogen and oxygen atoms in total. The number of carbonyl (C=O) groups is 2. The van der Waals surface area contributed by atoms with Crippen LogP contribution in [0.4, 0.5) is 5.69 Å². The summed E-state index contributed by atoms with van der Waals surface area (Å²) in [6, 6.07) is 18.6. The summed E-state index contributed by atoms with van der Waals surface area (Å²) in [7, 11) is -2.36. The number of carbonyl (C=O) groups excluding carboxylic acids is 2. The zero-order valence-electron chi connectivity index (χ0n) is 21.7. The van der Waals surface area contributed by atoms with E-state index in [1.807, 2.05) is 43.3 Å². The lowest BCUT2D eigenvalue weighted by Crippen LogP contribution is -2.53. The Morgan fingerprint density at radius 1 is 0.947 bits per heavy atom. The fraction of sp³-hybridized carbons (Fsp3) is 0.286. The summed E-state index contributed by atoms with van der Waals surface area (Å²) in [5.41, 5.74) is 3.35. The highest BCUT2D eigenvalue weighted by Gasteiger charge is 2.33. The predicted octanol–water partition coefficient (Wildman–Crippen LogP) is 4.76. The first-order valence-corrected chi connectivity index (χ1v) is 14.6. The number of rotatable bonds is 10. The van der Waals surface area contributed by atoms with Crippen LogP contribution in [-0.2, 0) is 32.6 Å². The second-order valence-electron chi connectivity index (χ2n) is 9.10. The van der Waals surface area contributed by atoms with Gasteiger partial charge in [0.25, 0.3) is 0 Å². The third-order valence-corrected chi connectivity index (χ3v) is 8.04. The van der Waals surface area contributed by atoms with Crippen molar-refractivity contribution in [3.8, 4) is 0 Å². The smallest absolute Gasteiger partial charge is 0.244 e. The van der Waals surface area contributed by atoms with Crippen molar-refractivity contribution in [3.05, 3.63) is 99.0 Å². The molecule has 0 heterocycles. The highest BCUT2D eigenvalue weighted by Crippen LogP contribution is 2.28. The number of hydrogen-bond acceptors (Lipinski definition) is 4. The van der Waals surface area contributed by atoms with Gasteiger partial charge in [-0.2, -0.15) is 0 Å². The van der Waals surface area contributed by atoms with Gasteiger partial charge in [-0.05, 0) is 43.2 Å². The van der Waals surface area contributed by atoms with Crippen LogP contribution in [0.15, 0.2) is 66.7 Å². The first kappa shape index (κ1) is 29.5. The molecule has 3 rings (SSSR count). The van der Waals surface area contributed by atoms with E-state index in [9.17, 15) is 18.0 Å². The number of benzene rings is 3. The number of nitrogens with one attached hydrogen (secondary N) is 1. The molecule has 3 aromatic rings. The number of halogens is 2. The molecule has 2 amide bonds. The molecule has 0 saturated carbocycles. The molecule has 1 atom stereocenters. The van der Waals surface area contributed by atoms with Crippen molar-refractivity contribution in [2.75, 3.05) is 24.2 Å². The maximum absolute atomic E-state index is 14.0. The molecule has 0 aliphatic rings. The number of amides is 2. The lowest BCUT2D eigenvalue weighted by Gasteiger charge is -2.34. The molecule has 0 radical (unpaired) electrons. The average Bonchev–Trinajstić information content (AvgIpc) is 2.86. The van der Waals surface area contributed by atoms with Crippen LogP contribution in [0.25, 0.3) is 0 Å². The summed E-state index contributed by atoms with van der Waals surface area (Å²) in [6.07, 6.45) is 1.26. The number of nitrogens with zero attached hydrogens (tertiary/aromatic N) is 2. The van der Waals surface area contributed by atoms with Gasteiger partial charge < -0.3 is 10.2 Å². The van der Waals surface area contributed by atoms with Gasteiger partial charge in [-0.1, -0.05) is 77.3 Å². The molecule has 10 heteroatoms. The molecule has 0 saturated heterocycles. The van der Waals surface area contributed by atoms with Crippen LogP contribution in [0.1, 0.15) is 22.3 Å². The molecule has 0 unspecified atom stereocenters. The van der Waals surface area contributed by atoms with Crippen LogP contribution in [0.3, 0.4) is 0 Å². The Kier molecular flexibility index (Phi) is 9.82. The van der Waals surface area contributed by atoms with Gasteiger partial charge >= 0.3 is 0 Å². The normalized spacial score (nSPS) is 12.1. The molecule has 1 N–H and O–H groups in total. The van der Waals surface area contributed by atoms with E-state index in [1.54, 1.807) is 37.3 Å². The van der Waals surface area contributed by atoms with E-state index in [1.165, 1.54) is 11.9 Å². The zero-order chi connectivity index (χ0) is 28.0. The summed E-state index contributed by atoms with van der Waals surface area (Å²) < 4.78 is 26.8. The summed E-state index contributed by atoms with van der Waals surface area (Å²) >= 11 is 12.9. The van der Waals surface area contributed by atoms with E-state index in [2.05, 4.69) is 5.32 Å². The minimum Gasteiger partial charge on any atom is -0.357 e. The first-order valence-electron chi connectivity index (χ1n) is 11.9. The Morgan fingerprint density at radius 2 is 1.58 bits per heavy atom. The highest BCUT2D eigenvalue weighted by atomic mass is 35.5. The van der Waals surface area contributed by atoms with Gasteiger partial charge in [-0.15, -0.1) is 0 Å². The third kappa shape index (κ3) is 7.28. The van der Waals surface area contributed by atoms with Crippen molar-refractivity contribution in [2.45, 2.75) is 32.9 Å². The Balaban J connectivity index is 2.09. The van der Waals surface area contributed by atoms with Crippen molar-refractivity contribution in [2.24, 2.45) is 0 Å². The maximum atomic E-state index is 14.0. The highest BCUT2D eigenvalue weighted by molar-refractivity contribution is 7.92. The van der Waals surface area contributed by atoms with Crippen molar-refractivity contribution in [3.63, 3.8) is 0 Å². The monoisotopic (exact) mass is 575 g/mol. The molecular weight excluding hydrogens is 545 g/mol. The van der Waals surface area contributed by atoms with Gasteiger partial charge in [0.05, 0.1) is 11.9 Å². The largest absolute Gasteiger partial charge is 0.357 e. The molecule has 38 heavy (non-hydrogen) atoms. The van der Waals surface area contributed by atoms with Crippen LogP contribution in [-0.4, -0.2) is 51.0 Å².